The predicted molar refractivity (Wildman–Crippen MR) is 123 cm³/mol. The van der Waals surface area contributed by atoms with Crippen LogP contribution >= 0.6 is 0 Å². The first-order chi connectivity index (χ1) is 14.0. The monoisotopic (exact) mass is 389 g/mol. The highest BCUT2D eigenvalue weighted by Gasteiger charge is 2.10. The van der Waals surface area contributed by atoms with Crippen LogP contribution in [0.4, 0.5) is 17.5 Å². The molecule has 3 aromatic rings. The smallest absolute Gasteiger partial charge is 0.229 e. The van der Waals surface area contributed by atoms with E-state index in [0.717, 1.165) is 42.3 Å². The van der Waals surface area contributed by atoms with Crippen molar-refractivity contribution in [3.63, 3.8) is 0 Å². The van der Waals surface area contributed by atoms with Gasteiger partial charge in [0.2, 0.25) is 5.95 Å². The summed E-state index contributed by atoms with van der Waals surface area (Å²) >= 11 is 0. The summed E-state index contributed by atoms with van der Waals surface area (Å²) in [5.41, 5.74) is 4.28. The van der Waals surface area contributed by atoms with Crippen LogP contribution in [0.3, 0.4) is 0 Å². The Morgan fingerprint density at radius 2 is 1.66 bits per heavy atom. The second kappa shape index (κ2) is 10.0. The maximum absolute atomic E-state index is 4.79. The Balaban J connectivity index is 1.88. The third kappa shape index (κ3) is 6.03. The highest BCUT2D eigenvalue weighted by atomic mass is 15.1. The Bertz CT molecular complexity index is 906. The highest BCUT2D eigenvalue weighted by molar-refractivity contribution is 5.67. The molecule has 0 aliphatic heterocycles. The summed E-state index contributed by atoms with van der Waals surface area (Å²) in [6.45, 7) is 6.29. The van der Waals surface area contributed by atoms with Gasteiger partial charge < -0.3 is 15.5 Å². The van der Waals surface area contributed by atoms with Crippen LogP contribution in [0.2, 0.25) is 0 Å². The molecule has 5 heteroatoms. The van der Waals surface area contributed by atoms with Gasteiger partial charge in [-0.15, -0.1) is 0 Å². The van der Waals surface area contributed by atoms with E-state index in [1.165, 1.54) is 5.56 Å². The molecule has 1 heterocycles. The summed E-state index contributed by atoms with van der Waals surface area (Å²) in [5.74, 6) is 1.86. The zero-order valence-corrected chi connectivity index (χ0v) is 17.8. The first-order valence-corrected chi connectivity index (χ1v) is 10.2. The molecule has 3 rings (SSSR count). The van der Waals surface area contributed by atoms with E-state index in [2.05, 4.69) is 73.8 Å². The van der Waals surface area contributed by atoms with Crippen LogP contribution in [-0.4, -0.2) is 42.1 Å². The minimum absolute atomic E-state index is 0.416. The molecule has 0 aliphatic carbocycles. The number of hydrogen-bond donors (Lipinski definition) is 2. The summed E-state index contributed by atoms with van der Waals surface area (Å²) in [6.07, 6.45) is 1.05. The zero-order valence-electron chi connectivity index (χ0n) is 17.8. The molecule has 0 atom stereocenters. The minimum Gasteiger partial charge on any atom is -0.370 e. The molecule has 0 aliphatic rings. The van der Waals surface area contributed by atoms with E-state index < -0.39 is 0 Å². The lowest BCUT2D eigenvalue weighted by Crippen LogP contribution is -2.17. The van der Waals surface area contributed by atoms with Gasteiger partial charge in [0, 0.05) is 23.9 Å². The van der Waals surface area contributed by atoms with E-state index in [0.29, 0.717) is 11.9 Å². The van der Waals surface area contributed by atoms with Gasteiger partial charge >= 0.3 is 0 Å². The summed E-state index contributed by atoms with van der Waals surface area (Å²) in [5, 5.41) is 6.90. The van der Waals surface area contributed by atoms with Crippen molar-refractivity contribution >= 4 is 17.5 Å². The van der Waals surface area contributed by atoms with Crippen molar-refractivity contribution < 1.29 is 0 Å². The largest absolute Gasteiger partial charge is 0.370 e. The third-order valence-electron chi connectivity index (χ3n) is 4.71. The number of para-hydroxylation sites is 1. The van der Waals surface area contributed by atoms with Crippen LogP contribution in [0.5, 0.6) is 0 Å². The maximum Gasteiger partial charge on any atom is 0.229 e. The fraction of sp³-hybridized carbons (Fsp3) is 0.333. The first kappa shape index (κ1) is 20.8. The number of rotatable bonds is 9. The summed E-state index contributed by atoms with van der Waals surface area (Å²) < 4.78 is 0. The van der Waals surface area contributed by atoms with Crippen molar-refractivity contribution in [3.8, 4) is 11.3 Å². The normalized spacial score (nSPS) is 11.1. The number of benzene rings is 2. The van der Waals surface area contributed by atoms with Crippen molar-refractivity contribution in [1.82, 2.24) is 14.9 Å². The number of aromatic nitrogens is 2. The molecule has 0 saturated carbocycles. The van der Waals surface area contributed by atoms with Gasteiger partial charge in [-0.3, -0.25) is 0 Å². The summed E-state index contributed by atoms with van der Waals surface area (Å²) in [7, 11) is 4.18. The topological polar surface area (TPSA) is 53.1 Å². The number of nitrogens with one attached hydrogen (secondary N) is 2. The average molecular weight is 390 g/mol. The van der Waals surface area contributed by atoms with Gasteiger partial charge in [0.25, 0.3) is 0 Å². The van der Waals surface area contributed by atoms with Gasteiger partial charge in [0.15, 0.2) is 0 Å². The lowest BCUT2D eigenvalue weighted by atomic mass is 10.0. The Hall–Kier alpha value is -2.92. The van der Waals surface area contributed by atoms with Gasteiger partial charge in [0.1, 0.15) is 5.82 Å². The number of hydrogen-bond acceptors (Lipinski definition) is 5. The molecule has 29 heavy (non-hydrogen) atoms. The molecule has 0 fully saturated rings. The molecule has 2 aromatic carbocycles. The highest BCUT2D eigenvalue weighted by Crippen LogP contribution is 2.28. The second-order valence-electron chi connectivity index (χ2n) is 7.78. The van der Waals surface area contributed by atoms with Gasteiger partial charge in [-0.2, -0.15) is 4.98 Å². The maximum atomic E-state index is 4.79. The molecule has 0 spiro atoms. The van der Waals surface area contributed by atoms with Crippen LogP contribution in [0.15, 0.2) is 60.7 Å². The lowest BCUT2D eigenvalue weighted by molar-refractivity contribution is 0.405. The number of anilines is 3. The Morgan fingerprint density at radius 3 is 2.38 bits per heavy atom. The molecule has 0 radical (unpaired) electrons. The molecule has 0 unspecified atom stereocenters. The predicted octanol–water partition coefficient (Wildman–Crippen LogP) is 5.37. The zero-order chi connectivity index (χ0) is 20.6. The standard InChI is InChI=1S/C24H31N5/c1-18(2)20-13-8-9-14-21(20)26-24-27-22(19-11-6-5-7-12-19)17-23(28-24)25-15-10-16-29(3)4/h5-9,11-14,17-18H,10,15-16H2,1-4H3,(H2,25,26,27,28). The SMILES string of the molecule is CC(C)c1ccccc1Nc1nc(NCCCN(C)C)cc(-c2ccccc2)n1. The van der Waals surface area contributed by atoms with Gasteiger partial charge in [0.05, 0.1) is 5.69 Å². The molecule has 2 N–H and O–H groups in total. The third-order valence-corrected chi connectivity index (χ3v) is 4.71. The fourth-order valence-electron chi connectivity index (χ4n) is 3.20. The van der Waals surface area contributed by atoms with Crippen molar-refractivity contribution in [3.05, 3.63) is 66.2 Å². The van der Waals surface area contributed by atoms with Crippen LogP contribution in [0, 0.1) is 0 Å². The van der Waals surface area contributed by atoms with Gasteiger partial charge in [-0.1, -0.05) is 62.4 Å². The molecule has 0 amide bonds. The second-order valence-corrected chi connectivity index (χ2v) is 7.78. The molecule has 5 nitrogen and oxygen atoms in total. The van der Waals surface area contributed by atoms with Crippen LogP contribution in [-0.2, 0) is 0 Å². The van der Waals surface area contributed by atoms with Gasteiger partial charge in [-0.05, 0) is 44.6 Å². The Labute approximate surface area is 174 Å². The molecule has 0 bridgehead atoms. The van der Waals surface area contributed by atoms with Crippen molar-refractivity contribution in [1.29, 1.82) is 0 Å². The van der Waals surface area contributed by atoms with Crippen molar-refractivity contribution in [2.45, 2.75) is 26.2 Å². The summed E-state index contributed by atoms with van der Waals surface area (Å²) in [4.78, 5) is 11.7. The van der Waals surface area contributed by atoms with Crippen molar-refractivity contribution in [2.75, 3.05) is 37.8 Å². The van der Waals surface area contributed by atoms with Crippen LogP contribution in [0.25, 0.3) is 11.3 Å². The summed E-state index contributed by atoms with van der Waals surface area (Å²) in [6, 6.07) is 20.6. The molecule has 152 valence electrons. The van der Waals surface area contributed by atoms with E-state index in [1.807, 2.05) is 30.3 Å². The molecule has 0 saturated heterocycles. The van der Waals surface area contributed by atoms with E-state index in [-0.39, 0.29) is 0 Å². The Morgan fingerprint density at radius 1 is 0.931 bits per heavy atom. The molecular weight excluding hydrogens is 358 g/mol. The molecular formula is C24H31N5. The average Bonchev–Trinajstić information content (AvgIpc) is 2.72. The quantitative estimate of drug-likeness (QED) is 0.482. The van der Waals surface area contributed by atoms with E-state index in [4.69, 9.17) is 9.97 Å². The first-order valence-electron chi connectivity index (χ1n) is 10.2. The molecule has 1 aromatic heterocycles. The van der Waals surface area contributed by atoms with E-state index in [9.17, 15) is 0 Å². The van der Waals surface area contributed by atoms with Crippen LogP contribution in [0.1, 0.15) is 31.7 Å². The Kier molecular flexibility index (Phi) is 7.19. The van der Waals surface area contributed by atoms with E-state index >= 15 is 0 Å². The van der Waals surface area contributed by atoms with E-state index in [1.54, 1.807) is 0 Å². The number of nitrogens with zero attached hydrogens (tertiary/aromatic N) is 3. The minimum atomic E-state index is 0.416. The lowest BCUT2D eigenvalue weighted by Gasteiger charge is -2.16. The fourth-order valence-corrected chi connectivity index (χ4v) is 3.20. The van der Waals surface area contributed by atoms with Crippen LogP contribution < -0.4 is 10.6 Å². The van der Waals surface area contributed by atoms with Gasteiger partial charge in [-0.25, -0.2) is 4.98 Å². The van der Waals surface area contributed by atoms with Crippen molar-refractivity contribution in [2.24, 2.45) is 0 Å².